The second-order valence-corrected chi connectivity index (χ2v) is 8.45. The first-order chi connectivity index (χ1) is 14.9. The Morgan fingerprint density at radius 2 is 1.84 bits per heavy atom. The summed E-state index contributed by atoms with van der Waals surface area (Å²) < 4.78 is 27.3. The van der Waals surface area contributed by atoms with Gasteiger partial charge in [-0.25, -0.2) is 8.78 Å². The molecule has 0 saturated carbocycles. The highest BCUT2D eigenvalue weighted by molar-refractivity contribution is 7.99. The van der Waals surface area contributed by atoms with Crippen molar-refractivity contribution < 1.29 is 18.4 Å². The summed E-state index contributed by atoms with van der Waals surface area (Å²) in [6, 6.07) is 9.65. The van der Waals surface area contributed by atoms with Crippen LogP contribution < -0.4 is 5.32 Å². The lowest BCUT2D eigenvalue weighted by molar-refractivity contribution is -0.139. The fraction of sp³-hybridized carbons (Fsp3) is 0.391. The number of hydrogen-bond acceptors (Lipinski definition) is 3. The summed E-state index contributed by atoms with van der Waals surface area (Å²) >= 11 is 7.29. The highest BCUT2D eigenvalue weighted by atomic mass is 35.5. The Kier molecular flexibility index (Phi) is 10.3. The zero-order valence-corrected chi connectivity index (χ0v) is 19.2. The molecule has 0 unspecified atom stereocenters. The smallest absolute Gasteiger partial charge is 0.242 e. The Labute approximate surface area is 191 Å². The van der Waals surface area contributed by atoms with E-state index in [1.807, 2.05) is 13.8 Å². The third-order valence-corrected chi connectivity index (χ3v) is 6.03. The van der Waals surface area contributed by atoms with E-state index >= 15 is 0 Å². The molecule has 31 heavy (non-hydrogen) atoms. The van der Waals surface area contributed by atoms with Gasteiger partial charge in [-0.15, -0.1) is 11.8 Å². The predicted molar refractivity (Wildman–Crippen MR) is 122 cm³/mol. The standard InChI is InChI=1S/C23H27ClF2N2O2S/c1-3-12-27-23(30)21(4-2)28(13-16-8-10-17(25)11-9-16)22(29)15-31-14-18-19(24)6-5-7-20(18)26/h5-11,21H,3-4,12-15H2,1-2H3,(H,27,30)/t21-/m1/s1. The maximum atomic E-state index is 14.0. The SMILES string of the molecule is CCCNC(=O)[C@@H](CC)N(Cc1ccc(F)cc1)C(=O)CSCc1c(F)cccc1Cl. The molecule has 8 heteroatoms. The number of carbonyl (C=O) groups is 2. The molecule has 0 aliphatic rings. The summed E-state index contributed by atoms with van der Waals surface area (Å²) in [5, 5.41) is 3.16. The summed E-state index contributed by atoms with van der Waals surface area (Å²) in [5.41, 5.74) is 1.07. The van der Waals surface area contributed by atoms with E-state index in [9.17, 15) is 18.4 Å². The van der Waals surface area contributed by atoms with Gasteiger partial charge in [0.1, 0.15) is 17.7 Å². The van der Waals surface area contributed by atoms with Crippen LogP contribution in [0.15, 0.2) is 42.5 Å². The molecule has 0 spiro atoms. The van der Waals surface area contributed by atoms with Gasteiger partial charge in [-0.3, -0.25) is 9.59 Å². The van der Waals surface area contributed by atoms with Crippen LogP contribution >= 0.6 is 23.4 Å². The number of nitrogens with zero attached hydrogens (tertiary/aromatic N) is 1. The molecule has 4 nitrogen and oxygen atoms in total. The quantitative estimate of drug-likeness (QED) is 0.494. The Morgan fingerprint density at radius 3 is 2.45 bits per heavy atom. The first-order valence-electron chi connectivity index (χ1n) is 10.2. The molecule has 1 atom stereocenters. The number of benzene rings is 2. The van der Waals surface area contributed by atoms with Gasteiger partial charge in [0.2, 0.25) is 11.8 Å². The minimum atomic E-state index is -0.651. The lowest BCUT2D eigenvalue weighted by Crippen LogP contribution is -2.49. The Morgan fingerprint density at radius 1 is 1.13 bits per heavy atom. The fourth-order valence-electron chi connectivity index (χ4n) is 3.07. The van der Waals surface area contributed by atoms with Crippen molar-refractivity contribution >= 4 is 35.2 Å². The molecular weight excluding hydrogens is 442 g/mol. The van der Waals surface area contributed by atoms with Gasteiger partial charge in [-0.05, 0) is 42.7 Å². The van der Waals surface area contributed by atoms with Crippen LogP contribution in [-0.2, 0) is 21.9 Å². The lowest BCUT2D eigenvalue weighted by Gasteiger charge is -2.30. The average molecular weight is 469 g/mol. The summed E-state index contributed by atoms with van der Waals surface area (Å²) in [6.45, 7) is 4.49. The number of carbonyl (C=O) groups excluding carboxylic acids is 2. The first-order valence-corrected chi connectivity index (χ1v) is 11.7. The largest absolute Gasteiger partial charge is 0.354 e. The second-order valence-electron chi connectivity index (χ2n) is 7.06. The van der Waals surface area contributed by atoms with Gasteiger partial charge in [0.25, 0.3) is 0 Å². The zero-order chi connectivity index (χ0) is 22.8. The molecule has 2 aromatic rings. The molecule has 0 bridgehead atoms. The van der Waals surface area contributed by atoms with Crippen LogP contribution in [0.1, 0.15) is 37.8 Å². The molecule has 2 aromatic carbocycles. The summed E-state index contributed by atoms with van der Waals surface area (Å²) in [5.74, 6) is -0.959. The van der Waals surface area contributed by atoms with Crippen molar-refractivity contribution in [1.82, 2.24) is 10.2 Å². The second kappa shape index (κ2) is 12.7. The summed E-state index contributed by atoms with van der Waals surface area (Å²) in [7, 11) is 0. The van der Waals surface area contributed by atoms with E-state index in [0.717, 1.165) is 12.0 Å². The molecule has 0 aliphatic carbocycles. The molecule has 2 rings (SSSR count). The van der Waals surface area contributed by atoms with Crippen LogP contribution in [0.4, 0.5) is 8.78 Å². The molecule has 2 amide bonds. The lowest BCUT2D eigenvalue weighted by atomic mass is 10.1. The molecule has 0 aromatic heterocycles. The van der Waals surface area contributed by atoms with Crippen molar-refractivity contribution in [2.75, 3.05) is 12.3 Å². The van der Waals surface area contributed by atoms with E-state index in [4.69, 9.17) is 11.6 Å². The van der Waals surface area contributed by atoms with Gasteiger partial charge in [-0.2, -0.15) is 0 Å². The highest BCUT2D eigenvalue weighted by Gasteiger charge is 2.28. The number of thioether (sulfide) groups is 1. The zero-order valence-electron chi connectivity index (χ0n) is 17.7. The number of halogens is 3. The van der Waals surface area contributed by atoms with Gasteiger partial charge in [-0.1, -0.05) is 43.6 Å². The maximum absolute atomic E-state index is 14.0. The van der Waals surface area contributed by atoms with Gasteiger partial charge in [0.05, 0.1) is 5.75 Å². The molecule has 0 radical (unpaired) electrons. The molecule has 0 heterocycles. The van der Waals surface area contributed by atoms with Gasteiger partial charge < -0.3 is 10.2 Å². The Bertz CT molecular complexity index is 860. The van der Waals surface area contributed by atoms with Crippen LogP contribution in [0.25, 0.3) is 0 Å². The fourth-order valence-corrected chi connectivity index (χ4v) is 4.31. The van der Waals surface area contributed by atoms with Gasteiger partial charge >= 0.3 is 0 Å². The highest BCUT2D eigenvalue weighted by Crippen LogP contribution is 2.24. The molecule has 168 valence electrons. The van der Waals surface area contributed by atoms with E-state index in [1.54, 1.807) is 18.2 Å². The van der Waals surface area contributed by atoms with Crippen molar-refractivity contribution in [3.63, 3.8) is 0 Å². The van der Waals surface area contributed by atoms with Gasteiger partial charge in [0.15, 0.2) is 0 Å². The normalized spacial score (nSPS) is 11.8. The Hall–Kier alpha value is -2.12. The molecule has 0 fully saturated rings. The Balaban J connectivity index is 2.14. The average Bonchev–Trinajstić information content (AvgIpc) is 2.75. The van der Waals surface area contributed by atoms with E-state index in [0.29, 0.717) is 23.6 Å². The summed E-state index contributed by atoms with van der Waals surface area (Å²) in [4.78, 5) is 27.3. The first kappa shape index (κ1) is 25.1. The van der Waals surface area contributed by atoms with E-state index in [2.05, 4.69) is 5.32 Å². The number of nitrogens with one attached hydrogen (secondary N) is 1. The number of hydrogen-bond donors (Lipinski definition) is 1. The van der Waals surface area contributed by atoms with E-state index in [-0.39, 0.29) is 35.7 Å². The molecule has 0 aliphatic heterocycles. The topological polar surface area (TPSA) is 49.4 Å². The van der Waals surface area contributed by atoms with Crippen LogP contribution in [-0.4, -0.2) is 35.1 Å². The van der Waals surface area contributed by atoms with Crippen molar-refractivity contribution in [3.05, 3.63) is 70.2 Å². The third-order valence-electron chi connectivity index (χ3n) is 4.73. The van der Waals surface area contributed by atoms with Crippen molar-refractivity contribution in [1.29, 1.82) is 0 Å². The monoisotopic (exact) mass is 468 g/mol. The number of rotatable bonds is 11. The predicted octanol–water partition coefficient (Wildman–Crippen LogP) is 5.19. The summed E-state index contributed by atoms with van der Waals surface area (Å²) in [6.07, 6.45) is 1.22. The van der Waals surface area contributed by atoms with E-state index < -0.39 is 11.9 Å². The van der Waals surface area contributed by atoms with E-state index in [1.165, 1.54) is 40.9 Å². The third kappa shape index (κ3) is 7.51. The van der Waals surface area contributed by atoms with Gasteiger partial charge in [0, 0.05) is 29.4 Å². The minimum Gasteiger partial charge on any atom is -0.354 e. The number of amides is 2. The van der Waals surface area contributed by atoms with Crippen molar-refractivity contribution in [3.8, 4) is 0 Å². The maximum Gasteiger partial charge on any atom is 0.242 e. The van der Waals surface area contributed by atoms with Crippen molar-refractivity contribution in [2.24, 2.45) is 0 Å². The van der Waals surface area contributed by atoms with Crippen LogP contribution in [0, 0.1) is 11.6 Å². The minimum absolute atomic E-state index is 0.0589. The van der Waals surface area contributed by atoms with Crippen LogP contribution in [0.5, 0.6) is 0 Å². The molecule has 1 N–H and O–H groups in total. The molecule has 0 saturated heterocycles. The molecular formula is C23H27ClF2N2O2S. The van der Waals surface area contributed by atoms with Crippen LogP contribution in [0.2, 0.25) is 5.02 Å². The van der Waals surface area contributed by atoms with Crippen LogP contribution in [0.3, 0.4) is 0 Å². The van der Waals surface area contributed by atoms with Crippen molar-refractivity contribution in [2.45, 2.75) is 45.0 Å².